The van der Waals surface area contributed by atoms with Crippen LogP contribution in [-0.4, -0.2) is 18.6 Å². The van der Waals surface area contributed by atoms with Crippen molar-refractivity contribution in [3.05, 3.63) is 34.6 Å². The highest BCUT2D eigenvalue weighted by Crippen LogP contribution is 2.26. The molecule has 2 rings (SSSR count). The number of carbonyl (C=O) groups excluding carboxylic acids is 1. The summed E-state index contributed by atoms with van der Waals surface area (Å²) in [4.78, 5) is 11.9. The van der Waals surface area contributed by atoms with Gasteiger partial charge < -0.3 is 4.74 Å². The fourth-order valence-corrected chi connectivity index (χ4v) is 1.82. The Bertz CT molecular complexity index is 449. The topological polar surface area (TPSA) is 38.3 Å². The minimum Gasteiger partial charge on any atom is -0.465 e. The van der Waals surface area contributed by atoms with Gasteiger partial charge in [-0.05, 0) is 37.5 Å². The predicted octanol–water partition coefficient (Wildman–Crippen LogP) is 2.84. The Morgan fingerprint density at radius 2 is 2.33 bits per heavy atom. The van der Waals surface area contributed by atoms with Crippen LogP contribution >= 0.6 is 11.6 Å². The number of halogens is 2. The van der Waals surface area contributed by atoms with Gasteiger partial charge in [-0.3, -0.25) is 5.32 Å². The fraction of sp³-hybridized carbons (Fsp3) is 0.462. The third kappa shape index (κ3) is 3.21. The SMILES string of the molecule is CCOC(=O)C(NC1CC1)c1ccc(Cl)c(F)c1. The lowest BCUT2D eigenvalue weighted by Gasteiger charge is -2.17. The molecule has 0 radical (unpaired) electrons. The van der Waals surface area contributed by atoms with Crippen LogP contribution in [0.5, 0.6) is 0 Å². The Labute approximate surface area is 110 Å². The van der Waals surface area contributed by atoms with Crippen LogP contribution in [0.3, 0.4) is 0 Å². The van der Waals surface area contributed by atoms with E-state index in [-0.39, 0.29) is 11.0 Å². The number of nitrogens with one attached hydrogen (secondary N) is 1. The number of esters is 1. The number of rotatable bonds is 5. The molecule has 0 amide bonds. The van der Waals surface area contributed by atoms with Crippen molar-refractivity contribution in [2.45, 2.75) is 31.8 Å². The first-order chi connectivity index (χ1) is 8.61. The molecule has 0 aliphatic heterocycles. The van der Waals surface area contributed by atoms with Gasteiger partial charge in [0, 0.05) is 6.04 Å². The monoisotopic (exact) mass is 271 g/mol. The van der Waals surface area contributed by atoms with Crippen molar-refractivity contribution in [3.63, 3.8) is 0 Å². The largest absolute Gasteiger partial charge is 0.465 e. The summed E-state index contributed by atoms with van der Waals surface area (Å²) >= 11 is 5.63. The highest BCUT2D eigenvalue weighted by molar-refractivity contribution is 6.30. The van der Waals surface area contributed by atoms with Gasteiger partial charge in [0.15, 0.2) is 0 Å². The molecule has 0 heterocycles. The molecule has 1 unspecified atom stereocenters. The lowest BCUT2D eigenvalue weighted by atomic mass is 10.1. The van der Waals surface area contributed by atoms with E-state index in [1.807, 2.05) is 0 Å². The molecule has 1 fully saturated rings. The molecule has 1 aliphatic carbocycles. The molecular weight excluding hydrogens is 257 g/mol. The van der Waals surface area contributed by atoms with Gasteiger partial charge >= 0.3 is 5.97 Å². The highest BCUT2D eigenvalue weighted by atomic mass is 35.5. The van der Waals surface area contributed by atoms with Crippen LogP contribution in [0.1, 0.15) is 31.4 Å². The Hall–Kier alpha value is -1.13. The third-order valence-electron chi connectivity index (χ3n) is 2.78. The van der Waals surface area contributed by atoms with Crippen LogP contribution in [0, 0.1) is 5.82 Å². The fourth-order valence-electron chi connectivity index (χ4n) is 1.70. The Kier molecular flexibility index (Phi) is 4.19. The Morgan fingerprint density at radius 3 is 2.89 bits per heavy atom. The summed E-state index contributed by atoms with van der Waals surface area (Å²) in [6.45, 7) is 2.05. The Morgan fingerprint density at radius 1 is 1.61 bits per heavy atom. The van der Waals surface area contributed by atoms with Crippen LogP contribution in [0.25, 0.3) is 0 Å². The molecule has 0 spiro atoms. The van der Waals surface area contributed by atoms with E-state index in [9.17, 15) is 9.18 Å². The minimum atomic E-state index is -0.621. The summed E-state index contributed by atoms with van der Waals surface area (Å²) in [6, 6.07) is 4.07. The standard InChI is InChI=1S/C13H15ClFNO2/c1-2-18-13(17)12(16-9-4-5-9)8-3-6-10(14)11(15)7-8/h3,6-7,9,12,16H,2,4-5H2,1H3. The van der Waals surface area contributed by atoms with E-state index in [4.69, 9.17) is 16.3 Å². The van der Waals surface area contributed by atoms with Crippen LogP contribution in [0.4, 0.5) is 4.39 Å². The van der Waals surface area contributed by atoms with Gasteiger partial charge in [-0.2, -0.15) is 0 Å². The average molecular weight is 272 g/mol. The maximum absolute atomic E-state index is 13.4. The molecule has 5 heteroatoms. The first-order valence-electron chi connectivity index (χ1n) is 5.99. The van der Waals surface area contributed by atoms with Gasteiger partial charge in [-0.25, -0.2) is 9.18 Å². The molecular formula is C13H15ClFNO2. The van der Waals surface area contributed by atoms with Crippen molar-refractivity contribution in [1.82, 2.24) is 5.32 Å². The molecule has 1 aromatic rings. The highest BCUT2D eigenvalue weighted by Gasteiger charge is 2.30. The lowest BCUT2D eigenvalue weighted by Crippen LogP contribution is -2.31. The van der Waals surface area contributed by atoms with E-state index in [0.29, 0.717) is 18.2 Å². The van der Waals surface area contributed by atoms with Gasteiger partial charge in [0.05, 0.1) is 11.6 Å². The van der Waals surface area contributed by atoms with Crippen LogP contribution < -0.4 is 5.32 Å². The number of hydrogen-bond donors (Lipinski definition) is 1. The molecule has 1 atom stereocenters. The smallest absolute Gasteiger partial charge is 0.327 e. The van der Waals surface area contributed by atoms with Gasteiger partial charge in [-0.1, -0.05) is 17.7 Å². The summed E-state index contributed by atoms with van der Waals surface area (Å²) in [5.41, 5.74) is 0.544. The summed E-state index contributed by atoms with van der Waals surface area (Å²) in [6.07, 6.45) is 2.07. The third-order valence-corrected chi connectivity index (χ3v) is 3.09. The molecule has 1 saturated carbocycles. The predicted molar refractivity (Wildman–Crippen MR) is 66.9 cm³/mol. The number of ether oxygens (including phenoxy) is 1. The van der Waals surface area contributed by atoms with Crippen molar-refractivity contribution in [2.24, 2.45) is 0 Å². The average Bonchev–Trinajstić information content (AvgIpc) is 3.14. The molecule has 98 valence electrons. The molecule has 0 saturated heterocycles. The second kappa shape index (κ2) is 5.67. The normalized spacial score (nSPS) is 16.4. The Balaban J connectivity index is 2.20. The molecule has 3 nitrogen and oxygen atoms in total. The van der Waals surface area contributed by atoms with Crippen molar-refractivity contribution < 1.29 is 13.9 Å². The zero-order valence-electron chi connectivity index (χ0n) is 10.1. The van der Waals surface area contributed by atoms with Crippen molar-refractivity contribution >= 4 is 17.6 Å². The van der Waals surface area contributed by atoms with Crippen molar-refractivity contribution in [2.75, 3.05) is 6.61 Å². The number of carbonyl (C=O) groups is 1. The summed E-state index contributed by atoms with van der Waals surface area (Å²) < 4.78 is 18.4. The quantitative estimate of drug-likeness (QED) is 0.837. The molecule has 0 bridgehead atoms. The molecule has 18 heavy (non-hydrogen) atoms. The lowest BCUT2D eigenvalue weighted by molar-refractivity contribution is -0.145. The molecule has 0 aromatic heterocycles. The maximum Gasteiger partial charge on any atom is 0.327 e. The van der Waals surface area contributed by atoms with E-state index in [0.717, 1.165) is 12.8 Å². The van der Waals surface area contributed by atoms with E-state index in [2.05, 4.69) is 5.32 Å². The van der Waals surface area contributed by atoms with Gasteiger partial charge in [0.1, 0.15) is 11.9 Å². The summed E-state index contributed by atoms with van der Waals surface area (Å²) in [5.74, 6) is -0.910. The van der Waals surface area contributed by atoms with Gasteiger partial charge in [0.2, 0.25) is 0 Å². The molecule has 1 aliphatic rings. The minimum absolute atomic E-state index is 0.0489. The van der Waals surface area contributed by atoms with Crippen molar-refractivity contribution in [3.8, 4) is 0 Å². The zero-order valence-corrected chi connectivity index (χ0v) is 10.8. The number of benzene rings is 1. The van der Waals surface area contributed by atoms with Crippen LogP contribution in [-0.2, 0) is 9.53 Å². The second-order valence-corrected chi connectivity index (χ2v) is 4.71. The first-order valence-corrected chi connectivity index (χ1v) is 6.37. The molecule has 1 N–H and O–H groups in total. The van der Waals surface area contributed by atoms with Gasteiger partial charge in [-0.15, -0.1) is 0 Å². The summed E-state index contributed by atoms with van der Waals surface area (Å²) in [5, 5.41) is 3.20. The van der Waals surface area contributed by atoms with E-state index < -0.39 is 11.9 Å². The van der Waals surface area contributed by atoms with E-state index >= 15 is 0 Å². The zero-order chi connectivity index (χ0) is 13.1. The molecule has 1 aromatic carbocycles. The van der Waals surface area contributed by atoms with Crippen LogP contribution in [0.2, 0.25) is 5.02 Å². The van der Waals surface area contributed by atoms with E-state index in [1.54, 1.807) is 13.0 Å². The first kappa shape index (κ1) is 13.3. The van der Waals surface area contributed by atoms with Crippen LogP contribution in [0.15, 0.2) is 18.2 Å². The summed E-state index contributed by atoms with van der Waals surface area (Å²) in [7, 11) is 0. The van der Waals surface area contributed by atoms with E-state index in [1.165, 1.54) is 12.1 Å². The van der Waals surface area contributed by atoms with Gasteiger partial charge in [0.25, 0.3) is 0 Å². The second-order valence-electron chi connectivity index (χ2n) is 4.30. The maximum atomic E-state index is 13.4. The van der Waals surface area contributed by atoms with Crippen molar-refractivity contribution in [1.29, 1.82) is 0 Å². The number of hydrogen-bond acceptors (Lipinski definition) is 3.